The summed E-state index contributed by atoms with van der Waals surface area (Å²) in [6.07, 6.45) is 0.901. The Balaban J connectivity index is 1.51. The van der Waals surface area contributed by atoms with Gasteiger partial charge >= 0.3 is 0 Å². The van der Waals surface area contributed by atoms with E-state index in [2.05, 4.69) is 54.0 Å². The third kappa shape index (κ3) is 3.39. The Morgan fingerprint density at radius 1 is 1.15 bits per heavy atom. The number of carbonyl (C=O) groups is 1. The maximum atomic E-state index is 12.2. The minimum Gasteiger partial charge on any atom is -0.347 e. The molecule has 2 N–H and O–H groups in total. The fourth-order valence-electron chi connectivity index (χ4n) is 3.22. The van der Waals surface area contributed by atoms with Crippen LogP contribution in [0.25, 0.3) is 11.3 Å². The normalized spacial score (nSPS) is 16.2. The fraction of sp³-hybridized carbons (Fsp3) is 0.238. The van der Waals surface area contributed by atoms with Crippen molar-refractivity contribution in [2.24, 2.45) is 0 Å². The van der Waals surface area contributed by atoms with Crippen molar-refractivity contribution < 1.29 is 4.79 Å². The smallest absolute Gasteiger partial charge is 0.269 e. The zero-order valence-corrected chi connectivity index (χ0v) is 14.8. The highest BCUT2D eigenvalue weighted by atomic mass is 16.2. The van der Waals surface area contributed by atoms with Gasteiger partial charge in [-0.2, -0.15) is 5.10 Å². The topological polar surface area (TPSA) is 59.0 Å². The molecule has 2 aromatic carbocycles. The van der Waals surface area contributed by atoms with Gasteiger partial charge < -0.3 is 5.32 Å². The number of rotatable bonds is 5. The zero-order valence-electron chi connectivity index (χ0n) is 14.8. The van der Waals surface area contributed by atoms with E-state index in [-0.39, 0.29) is 12.1 Å². The van der Waals surface area contributed by atoms with E-state index in [1.165, 1.54) is 11.1 Å². The Labute approximate surface area is 153 Å². The van der Waals surface area contributed by atoms with Crippen LogP contribution >= 0.6 is 0 Å². The van der Waals surface area contributed by atoms with Gasteiger partial charge in [-0.05, 0) is 25.0 Å². The lowest BCUT2D eigenvalue weighted by atomic mass is 10.1. The number of hydrogen-bond acceptors (Lipinski definition) is 3. The lowest BCUT2D eigenvalue weighted by Gasteiger charge is -2.25. The average molecular weight is 346 g/mol. The number of aromatic nitrogens is 2. The summed E-state index contributed by atoms with van der Waals surface area (Å²) in [5.74, 6) is -0.0722. The quantitative estimate of drug-likeness (QED) is 0.747. The largest absolute Gasteiger partial charge is 0.347 e. The second-order valence-corrected chi connectivity index (χ2v) is 6.64. The molecule has 1 aliphatic rings. The van der Waals surface area contributed by atoms with Crippen LogP contribution in [0, 0.1) is 6.92 Å². The molecule has 0 saturated carbocycles. The summed E-state index contributed by atoms with van der Waals surface area (Å²) in [6.45, 7) is 3.42. The summed E-state index contributed by atoms with van der Waals surface area (Å²) < 4.78 is 1.82. The average Bonchev–Trinajstić information content (AvgIpc) is 3.11. The molecule has 0 radical (unpaired) electrons. The second kappa shape index (κ2) is 7.14. The number of carbonyl (C=O) groups excluding carboxylic acids is 1. The van der Waals surface area contributed by atoms with Crippen LogP contribution in [0.15, 0.2) is 60.7 Å². The first-order valence-electron chi connectivity index (χ1n) is 8.93. The number of benzene rings is 2. The van der Waals surface area contributed by atoms with E-state index in [0.29, 0.717) is 12.2 Å². The van der Waals surface area contributed by atoms with Crippen molar-refractivity contribution in [3.8, 4) is 11.3 Å². The van der Waals surface area contributed by atoms with Gasteiger partial charge in [-0.1, -0.05) is 60.2 Å². The van der Waals surface area contributed by atoms with E-state index >= 15 is 0 Å². The molecular weight excluding hydrogens is 324 g/mol. The first-order valence-corrected chi connectivity index (χ1v) is 8.93. The van der Waals surface area contributed by atoms with E-state index in [4.69, 9.17) is 5.10 Å². The van der Waals surface area contributed by atoms with Gasteiger partial charge in [0.25, 0.3) is 5.91 Å². The molecule has 26 heavy (non-hydrogen) atoms. The number of amides is 1. The molecule has 0 unspecified atom stereocenters. The zero-order chi connectivity index (χ0) is 17.9. The molecule has 0 aliphatic carbocycles. The standard InChI is InChI=1S/C21H22N4O/c1-15-7-9-17(10-8-15)18-13-19-21(26)23-14-20(25(19)24-18)22-12-11-16-5-3-2-4-6-16/h2-10,13,20,22H,11-12,14H2,1H3,(H,23,26)/t20-/m0/s1. The lowest BCUT2D eigenvalue weighted by molar-refractivity contribution is 0.0901. The Morgan fingerprint density at radius 2 is 1.92 bits per heavy atom. The predicted octanol–water partition coefficient (Wildman–Crippen LogP) is 2.93. The molecule has 5 heteroatoms. The van der Waals surface area contributed by atoms with E-state index in [1.807, 2.05) is 28.9 Å². The molecule has 0 spiro atoms. The molecule has 3 aromatic rings. The number of nitrogens with zero attached hydrogens (tertiary/aromatic N) is 2. The summed E-state index contributed by atoms with van der Waals surface area (Å²) in [7, 11) is 0. The molecule has 0 fully saturated rings. The number of aryl methyl sites for hydroxylation is 1. The molecule has 1 atom stereocenters. The van der Waals surface area contributed by atoms with Crippen molar-refractivity contribution in [3.63, 3.8) is 0 Å². The molecule has 0 saturated heterocycles. The van der Waals surface area contributed by atoms with Crippen molar-refractivity contribution in [3.05, 3.63) is 77.5 Å². The number of fused-ring (bicyclic) bond motifs is 1. The minimum absolute atomic E-state index is 0.0365. The molecule has 1 aliphatic heterocycles. The van der Waals surface area contributed by atoms with Crippen LogP contribution in [-0.2, 0) is 6.42 Å². The van der Waals surface area contributed by atoms with Gasteiger partial charge in [0, 0.05) is 12.1 Å². The summed E-state index contributed by atoms with van der Waals surface area (Å²) in [4.78, 5) is 12.2. The van der Waals surface area contributed by atoms with E-state index in [1.54, 1.807) is 0 Å². The fourth-order valence-corrected chi connectivity index (χ4v) is 3.22. The maximum Gasteiger partial charge on any atom is 0.269 e. The molecule has 0 bridgehead atoms. The second-order valence-electron chi connectivity index (χ2n) is 6.64. The van der Waals surface area contributed by atoms with Crippen LogP contribution in [0.2, 0.25) is 0 Å². The summed E-state index contributed by atoms with van der Waals surface area (Å²) >= 11 is 0. The van der Waals surface area contributed by atoms with Crippen LogP contribution in [0.3, 0.4) is 0 Å². The monoisotopic (exact) mass is 346 g/mol. The van der Waals surface area contributed by atoms with Gasteiger partial charge in [-0.25, -0.2) is 4.68 Å². The molecule has 1 aromatic heterocycles. The highest BCUT2D eigenvalue weighted by Crippen LogP contribution is 2.23. The molecule has 132 valence electrons. The van der Waals surface area contributed by atoms with Gasteiger partial charge in [-0.3, -0.25) is 10.1 Å². The summed E-state index contributed by atoms with van der Waals surface area (Å²) in [6, 6.07) is 20.4. The molecule has 5 nitrogen and oxygen atoms in total. The van der Waals surface area contributed by atoms with Gasteiger partial charge in [0.2, 0.25) is 0 Å². The van der Waals surface area contributed by atoms with Crippen LogP contribution in [0.4, 0.5) is 0 Å². The predicted molar refractivity (Wildman–Crippen MR) is 102 cm³/mol. The van der Waals surface area contributed by atoms with E-state index in [9.17, 15) is 4.79 Å². The van der Waals surface area contributed by atoms with Crippen molar-refractivity contribution in [2.45, 2.75) is 19.5 Å². The van der Waals surface area contributed by atoms with Crippen LogP contribution < -0.4 is 10.6 Å². The summed E-state index contributed by atoms with van der Waals surface area (Å²) in [5, 5.41) is 11.2. The molecule has 1 amide bonds. The Bertz CT molecular complexity index is 900. The number of hydrogen-bond donors (Lipinski definition) is 2. The van der Waals surface area contributed by atoms with E-state index in [0.717, 1.165) is 24.2 Å². The highest BCUT2D eigenvalue weighted by Gasteiger charge is 2.26. The summed E-state index contributed by atoms with van der Waals surface area (Å²) in [5.41, 5.74) is 4.95. The van der Waals surface area contributed by atoms with Gasteiger partial charge in [0.1, 0.15) is 11.9 Å². The lowest BCUT2D eigenvalue weighted by Crippen LogP contribution is -2.45. The SMILES string of the molecule is Cc1ccc(-c2cc3n(n2)[C@H](NCCc2ccccc2)CNC3=O)cc1. The Kier molecular flexibility index (Phi) is 4.54. The van der Waals surface area contributed by atoms with Crippen LogP contribution in [-0.4, -0.2) is 28.8 Å². The van der Waals surface area contributed by atoms with Crippen molar-refractivity contribution >= 4 is 5.91 Å². The Hall–Kier alpha value is -2.92. The third-order valence-electron chi connectivity index (χ3n) is 4.70. The van der Waals surface area contributed by atoms with Crippen molar-refractivity contribution in [1.29, 1.82) is 0 Å². The first kappa shape index (κ1) is 16.5. The minimum atomic E-state index is -0.0722. The van der Waals surface area contributed by atoms with E-state index < -0.39 is 0 Å². The third-order valence-corrected chi connectivity index (χ3v) is 4.70. The molecular formula is C21H22N4O. The Morgan fingerprint density at radius 3 is 2.69 bits per heavy atom. The van der Waals surface area contributed by atoms with Gasteiger partial charge in [0.15, 0.2) is 0 Å². The molecule has 2 heterocycles. The van der Waals surface area contributed by atoms with Crippen LogP contribution in [0.1, 0.15) is 27.8 Å². The highest BCUT2D eigenvalue weighted by molar-refractivity contribution is 5.94. The van der Waals surface area contributed by atoms with Crippen LogP contribution in [0.5, 0.6) is 0 Å². The number of nitrogens with one attached hydrogen (secondary N) is 2. The first-order chi connectivity index (χ1) is 12.7. The van der Waals surface area contributed by atoms with Gasteiger partial charge in [0.05, 0.1) is 12.2 Å². The van der Waals surface area contributed by atoms with Gasteiger partial charge in [-0.15, -0.1) is 0 Å². The van der Waals surface area contributed by atoms with Crippen molar-refractivity contribution in [2.75, 3.05) is 13.1 Å². The van der Waals surface area contributed by atoms with Crippen molar-refractivity contribution in [1.82, 2.24) is 20.4 Å². The maximum absolute atomic E-state index is 12.2. The molecule has 4 rings (SSSR count).